The number of amides is 1. The fourth-order valence-electron chi connectivity index (χ4n) is 1.66. The van der Waals surface area contributed by atoms with E-state index < -0.39 is 10.0 Å². The third-order valence-corrected chi connectivity index (χ3v) is 4.36. The molecule has 1 aliphatic heterocycles. The molecule has 0 aromatic carbocycles. The molecule has 1 aliphatic rings. The van der Waals surface area contributed by atoms with E-state index in [0.717, 1.165) is 4.47 Å². The van der Waals surface area contributed by atoms with Crippen LogP contribution in [0.5, 0.6) is 0 Å². The lowest BCUT2D eigenvalue weighted by atomic mass is 10.4. The SMILES string of the molecule is O=C(Cn1cc(Br)cn1)N1CCNS(=O)(=O)CC1. The summed E-state index contributed by atoms with van der Waals surface area (Å²) in [5, 5.41) is 3.99. The Balaban J connectivity index is 1.97. The summed E-state index contributed by atoms with van der Waals surface area (Å²) in [7, 11) is -3.23. The van der Waals surface area contributed by atoms with Gasteiger partial charge in [-0.05, 0) is 15.9 Å². The van der Waals surface area contributed by atoms with E-state index in [2.05, 4.69) is 25.8 Å². The highest BCUT2D eigenvalue weighted by molar-refractivity contribution is 9.10. The highest BCUT2D eigenvalue weighted by Crippen LogP contribution is 2.07. The smallest absolute Gasteiger partial charge is 0.244 e. The minimum absolute atomic E-state index is 0.0540. The van der Waals surface area contributed by atoms with Gasteiger partial charge in [-0.25, -0.2) is 13.1 Å². The predicted octanol–water partition coefficient (Wildman–Crippen LogP) is -0.593. The third kappa shape index (κ3) is 3.53. The molecular formula is C9H13BrN4O3S. The van der Waals surface area contributed by atoms with E-state index >= 15 is 0 Å². The van der Waals surface area contributed by atoms with Crippen LogP contribution in [0.1, 0.15) is 0 Å². The normalized spacial score (nSPS) is 19.5. The van der Waals surface area contributed by atoms with Crippen molar-refractivity contribution in [3.8, 4) is 0 Å². The molecule has 9 heteroatoms. The second-order valence-electron chi connectivity index (χ2n) is 3.95. The average molecular weight is 337 g/mol. The highest BCUT2D eigenvalue weighted by Gasteiger charge is 2.22. The van der Waals surface area contributed by atoms with Crippen molar-refractivity contribution >= 4 is 31.9 Å². The maximum Gasteiger partial charge on any atom is 0.244 e. The summed E-state index contributed by atoms with van der Waals surface area (Å²) in [4.78, 5) is 13.5. The molecule has 0 saturated carbocycles. The topological polar surface area (TPSA) is 84.3 Å². The van der Waals surface area contributed by atoms with Crippen LogP contribution in [-0.2, 0) is 21.4 Å². The number of rotatable bonds is 2. The molecular weight excluding hydrogens is 324 g/mol. The van der Waals surface area contributed by atoms with Gasteiger partial charge in [0, 0.05) is 25.8 Å². The Kier molecular flexibility index (Phi) is 4.03. The molecule has 1 saturated heterocycles. The second kappa shape index (κ2) is 5.37. The monoisotopic (exact) mass is 336 g/mol. The summed E-state index contributed by atoms with van der Waals surface area (Å²) in [6, 6.07) is 0. The van der Waals surface area contributed by atoms with Gasteiger partial charge in [0.15, 0.2) is 0 Å². The maximum atomic E-state index is 12.0. The van der Waals surface area contributed by atoms with E-state index in [4.69, 9.17) is 0 Å². The number of aromatic nitrogens is 2. The number of hydrogen-bond donors (Lipinski definition) is 1. The fourth-order valence-corrected chi connectivity index (χ4v) is 3.00. The lowest BCUT2D eigenvalue weighted by molar-refractivity contribution is -0.131. The zero-order chi connectivity index (χ0) is 13.2. The minimum atomic E-state index is -3.23. The summed E-state index contributed by atoms with van der Waals surface area (Å²) in [6.07, 6.45) is 3.30. The summed E-state index contributed by atoms with van der Waals surface area (Å²) < 4.78 is 27.4. The molecule has 0 bridgehead atoms. The van der Waals surface area contributed by atoms with Crippen molar-refractivity contribution < 1.29 is 13.2 Å². The van der Waals surface area contributed by atoms with Gasteiger partial charge in [0.25, 0.3) is 0 Å². The van der Waals surface area contributed by atoms with Crippen LogP contribution >= 0.6 is 15.9 Å². The number of hydrogen-bond acceptors (Lipinski definition) is 4. The van der Waals surface area contributed by atoms with Gasteiger partial charge in [0.1, 0.15) is 6.54 Å². The molecule has 2 heterocycles. The molecule has 18 heavy (non-hydrogen) atoms. The Morgan fingerprint density at radius 3 is 2.94 bits per heavy atom. The van der Waals surface area contributed by atoms with E-state index in [1.807, 2.05) is 0 Å². The van der Waals surface area contributed by atoms with Gasteiger partial charge in [-0.15, -0.1) is 0 Å². The molecule has 0 spiro atoms. The molecule has 100 valence electrons. The first kappa shape index (κ1) is 13.5. The van der Waals surface area contributed by atoms with Crippen LogP contribution < -0.4 is 4.72 Å². The largest absolute Gasteiger partial charge is 0.339 e. The molecule has 2 rings (SSSR count). The summed E-state index contributed by atoms with van der Waals surface area (Å²) in [5.74, 6) is -0.189. The number of carbonyl (C=O) groups is 1. The fraction of sp³-hybridized carbons (Fsp3) is 0.556. The zero-order valence-corrected chi connectivity index (χ0v) is 11.9. The van der Waals surface area contributed by atoms with Crippen LogP contribution in [0.25, 0.3) is 0 Å². The first-order chi connectivity index (χ1) is 8.46. The quantitative estimate of drug-likeness (QED) is 0.782. The van der Waals surface area contributed by atoms with Crippen molar-refractivity contribution in [2.24, 2.45) is 0 Å². The van der Waals surface area contributed by atoms with Crippen LogP contribution in [0.2, 0.25) is 0 Å². The molecule has 0 radical (unpaired) electrons. The molecule has 1 fully saturated rings. The minimum Gasteiger partial charge on any atom is -0.339 e. The molecule has 7 nitrogen and oxygen atoms in total. The van der Waals surface area contributed by atoms with Crippen LogP contribution in [0.4, 0.5) is 0 Å². The van der Waals surface area contributed by atoms with Gasteiger partial charge in [0.05, 0.1) is 16.4 Å². The number of halogens is 1. The van der Waals surface area contributed by atoms with Crippen molar-refractivity contribution in [1.82, 2.24) is 19.4 Å². The predicted molar refractivity (Wildman–Crippen MR) is 68.3 cm³/mol. The summed E-state index contributed by atoms with van der Waals surface area (Å²) in [5.41, 5.74) is 0. The first-order valence-electron chi connectivity index (χ1n) is 5.39. The van der Waals surface area contributed by atoms with E-state index in [-0.39, 0.29) is 31.3 Å². The molecule has 1 N–H and O–H groups in total. The first-order valence-corrected chi connectivity index (χ1v) is 7.84. The van der Waals surface area contributed by atoms with Gasteiger partial charge in [0.2, 0.25) is 15.9 Å². The van der Waals surface area contributed by atoms with Crippen LogP contribution in [0, 0.1) is 0 Å². The summed E-state index contributed by atoms with van der Waals surface area (Å²) >= 11 is 3.25. The van der Waals surface area contributed by atoms with Crippen molar-refractivity contribution in [1.29, 1.82) is 0 Å². The van der Waals surface area contributed by atoms with E-state index in [1.165, 1.54) is 9.58 Å². The molecule has 1 aromatic heterocycles. The Bertz CT molecular complexity index is 542. The lowest BCUT2D eigenvalue weighted by Gasteiger charge is -2.19. The van der Waals surface area contributed by atoms with Crippen molar-refractivity contribution in [2.75, 3.05) is 25.4 Å². The number of nitrogens with zero attached hydrogens (tertiary/aromatic N) is 3. The van der Waals surface area contributed by atoms with Gasteiger partial charge < -0.3 is 4.90 Å². The maximum absolute atomic E-state index is 12.0. The van der Waals surface area contributed by atoms with Crippen LogP contribution in [-0.4, -0.2) is 54.4 Å². The van der Waals surface area contributed by atoms with Crippen LogP contribution in [0.15, 0.2) is 16.9 Å². The zero-order valence-electron chi connectivity index (χ0n) is 9.54. The van der Waals surface area contributed by atoms with Gasteiger partial charge in [-0.3, -0.25) is 9.48 Å². The van der Waals surface area contributed by atoms with Gasteiger partial charge in [-0.2, -0.15) is 5.10 Å². The van der Waals surface area contributed by atoms with Gasteiger partial charge >= 0.3 is 0 Å². The highest BCUT2D eigenvalue weighted by atomic mass is 79.9. The van der Waals surface area contributed by atoms with E-state index in [0.29, 0.717) is 6.54 Å². The molecule has 1 aromatic rings. The summed E-state index contributed by atoms with van der Waals surface area (Å²) in [6.45, 7) is 0.986. The Morgan fingerprint density at radius 2 is 2.28 bits per heavy atom. The van der Waals surface area contributed by atoms with Crippen molar-refractivity contribution in [3.05, 3.63) is 16.9 Å². The number of carbonyl (C=O) groups excluding carboxylic acids is 1. The third-order valence-electron chi connectivity index (χ3n) is 2.59. The van der Waals surface area contributed by atoms with Gasteiger partial charge in [-0.1, -0.05) is 0 Å². The lowest BCUT2D eigenvalue weighted by Crippen LogP contribution is -2.37. The Labute approximate surface area is 113 Å². The van der Waals surface area contributed by atoms with E-state index in [9.17, 15) is 13.2 Å². The van der Waals surface area contributed by atoms with Crippen molar-refractivity contribution in [3.63, 3.8) is 0 Å². The molecule has 0 unspecified atom stereocenters. The number of sulfonamides is 1. The molecule has 0 atom stereocenters. The second-order valence-corrected chi connectivity index (χ2v) is 6.79. The standard InChI is InChI=1S/C9H13BrN4O3S/c10-8-5-11-14(6-8)7-9(15)13-2-1-12-18(16,17)4-3-13/h5-6,12H,1-4,7H2. The molecule has 1 amide bonds. The average Bonchev–Trinajstić information content (AvgIpc) is 2.58. The number of nitrogens with one attached hydrogen (secondary N) is 1. The Morgan fingerprint density at radius 1 is 1.50 bits per heavy atom. The van der Waals surface area contributed by atoms with Crippen LogP contribution in [0.3, 0.4) is 0 Å². The van der Waals surface area contributed by atoms with E-state index in [1.54, 1.807) is 12.4 Å². The Hall–Kier alpha value is -0.930. The molecule has 0 aliphatic carbocycles. The van der Waals surface area contributed by atoms with Crippen molar-refractivity contribution in [2.45, 2.75) is 6.54 Å².